The Balaban J connectivity index is 1.61. The molecule has 0 saturated carbocycles. The Morgan fingerprint density at radius 2 is 1.65 bits per heavy atom. The molecule has 1 aliphatic heterocycles. The van der Waals surface area contributed by atoms with E-state index in [9.17, 15) is 9.59 Å². The Morgan fingerprint density at radius 1 is 1.03 bits per heavy atom. The van der Waals surface area contributed by atoms with Crippen molar-refractivity contribution in [1.29, 1.82) is 5.41 Å². The highest BCUT2D eigenvalue weighted by atomic mass is 35.5. The van der Waals surface area contributed by atoms with E-state index in [1.807, 2.05) is 43.0 Å². The van der Waals surface area contributed by atoms with Crippen molar-refractivity contribution in [2.45, 2.75) is 39.2 Å². The van der Waals surface area contributed by atoms with Gasteiger partial charge in [0.25, 0.3) is 0 Å². The molecule has 0 radical (unpaired) electrons. The Hall–Kier alpha value is -3.06. The second kappa shape index (κ2) is 10.3. The molecule has 164 valence electrons. The first-order valence-electron chi connectivity index (χ1n) is 10.4. The van der Waals surface area contributed by atoms with Gasteiger partial charge in [-0.25, -0.2) is 4.79 Å². The second-order valence-electron chi connectivity index (χ2n) is 8.03. The topological polar surface area (TPSA) is 97.3 Å². The SMILES string of the molecule is CC(C)C[C@@H](NC(=O)Nc1ccc(Cl)cc1)C(=O)Nc1ccc(N2CCCC2=N)cc1. The Bertz CT molecular complexity index is 928. The molecule has 31 heavy (non-hydrogen) atoms. The molecule has 4 N–H and O–H groups in total. The Kier molecular flexibility index (Phi) is 7.52. The number of rotatable bonds is 7. The van der Waals surface area contributed by atoms with Crippen molar-refractivity contribution in [2.75, 3.05) is 22.1 Å². The lowest BCUT2D eigenvalue weighted by Crippen LogP contribution is -2.46. The number of hydrogen-bond donors (Lipinski definition) is 4. The monoisotopic (exact) mass is 441 g/mol. The van der Waals surface area contributed by atoms with Gasteiger partial charge >= 0.3 is 6.03 Å². The first-order chi connectivity index (χ1) is 14.8. The van der Waals surface area contributed by atoms with E-state index in [4.69, 9.17) is 17.0 Å². The van der Waals surface area contributed by atoms with Crippen LogP contribution in [0.2, 0.25) is 5.02 Å². The van der Waals surface area contributed by atoms with Gasteiger partial charge < -0.3 is 20.9 Å². The van der Waals surface area contributed by atoms with Crippen LogP contribution in [-0.4, -0.2) is 30.4 Å². The zero-order chi connectivity index (χ0) is 22.4. The molecule has 1 aliphatic rings. The molecule has 8 heteroatoms. The molecule has 2 aromatic carbocycles. The summed E-state index contributed by atoms with van der Waals surface area (Å²) in [6.45, 7) is 4.84. The van der Waals surface area contributed by atoms with Gasteiger partial charge in [-0.3, -0.25) is 10.2 Å². The Labute approximate surface area is 187 Å². The van der Waals surface area contributed by atoms with Gasteiger partial charge in [0.2, 0.25) is 5.91 Å². The summed E-state index contributed by atoms with van der Waals surface area (Å²) in [7, 11) is 0. The van der Waals surface area contributed by atoms with Gasteiger partial charge in [0, 0.05) is 35.1 Å². The van der Waals surface area contributed by atoms with E-state index in [0.29, 0.717) is 28.7 Å². The number of urea groups is 1. The number of nitrogens with one attached hydrogen (secondary N) is 4. The molecule has 3 amide bonds. The molecular formula is C23H28ClN5O2. The molecule has 3 rings (SSSR count). The van der Waals surface area contributed by atoms with Crippen LogP contribution in [0.3, 0.4) is 0 Å². The highest BCUT2D eigenvalue weighted by molar-refractivity contribution is 6.30. The summed E-state index contributed by atoms with van der Waals surface area (Å²) in [4.78, 5) is 27.2. The van der Waals surface area contributed by atoms with Crippen LogP contribution in [0.4, 0.5) is 21.9 Å². The maximum atomic E-state index is 12.9. The lowest BCUT2D eigenvalue weighted by atomic mass is 10.0. The van der Waals surface area contributed by atoms with Crippen molar-refractivity contribution < 1.29 is 9.59 Å². The summed E-state index contributed by atoms with van der Waals surface area (Å²) in [5.74, 6) is 0.557. The number of halogens is 1. The van der Waals surface area contributed by atoms with E-state index < -0.39 is 12.1 Å². The summed E-state index contributed by atoms with van der Waals surface area (Å²) >= 11 is 5.87. The number of carbonyl (C=O) groups excluding carboxylic acids is 2. The minimum Gasteiger partial charge on any atom is -0.330 e. The molecule has 1 fully saturated rings. The predicted octanol–water partition coefficient (Wildman–Crippen LogP) is 5.09. The third-order valence-electron chi connectivity index (χ3n) is 5.00. The summed E-state index contributed by atoms with van der Waals surface area (Å²) in [5.41, 5.74) is 2.18. The lowest BCUT2D eigenvalue weighted by Gasteiger charge is -2.21. The molecule has 0 bridgehead atoms. The van der Waals surface area contributed by atoms with Crippen molar-refractivity contribution in [3.8, 4) is 0 Å². The number of amidine groups is 1. The summed E-state index contributed by atoms with van der Waals surface area (Å²) < 4.78 is 0. The second-order valence-corrected chi connectivity index (χ2v) is 8.46. The highest BCUT2D eigenvalue weighted by Gasteiger charge is 2.23. The molecule has 2 aromatic rings. The van der Waals surface area contributed by atoms with E-state index in [1.165, 1.54) is 0 Å². The minimum absolute atomic E-state index is 0.218. The van der Waals surface area contributed by atoms with Crippen LogP contribution in [-0.2, 0) is 4.79 Å². The van der Waals surface area contributed by atoms with Gasteiger partial charge in [0.05, 0.1) is 0 Å². The molecule has 7 nitrogen and oxygen atoms in total. The fourth-order valence-corrected chi connectivity index (χ4v) is 3.60. The van der Waals surface area contributed by atoms with Gasteiger partial charge in [-0.2, -0.15) is 0 Å². The summed E-state index contributed by atoms with van der Waals surface area (Å²) in [6, 6.07) is 13.1. The van der Waals surface area contributed by atoms with Gasteiger partial charge in [0.1, 0.15) is 11.9 Å². The molecular weight excluding hydrogens is 414 g/mol. The third kappa shape index (κ3) is 6.46. The average molecular weight is 442 g/mol. The average Bonchev–Trinajstić information content (AvgIpc) is 3.15. The molecule has 0 unspecified atom stereocenters. The molecule has 1 saturated heterocycles. The van der Waals surface area contributed by atoms with Crippen LogP contribution in [0, 0.1) is 11.3 Å². The van der Waals surface area contributed by atoms with E-state index in [-0.39, 0.29) is 11.8 Å². The van der Waals surface area contributed by atoms with E-state index in [2.05, 4.69) is 16.0 Å². The highest BCUT2D eigenvalue weighted by Crippen LogP contribution is 2.23. The van der Waals surface area contributed by atoms with Crippen molar-refractivity contribution in [3.05, 3.63) is 53.6 Å². The zero-order valence-electron chi connectivity index (χ0n) is 17.7. The zero-order valence-corrected chi connectivity index (χ0v) is 18.5. The van der Waals surface area contributed by atoms with Crippen LogP contribution in [0.15, 0.2) is 48.5 Å². The molecule has 1 heterocycles. The lowest BCUT2D eigenvalue weighted by molar-refractivity contribution is -0.118. The van der Waals surface area contributed by atoms with Crippen LogP contribution >= 0.6 is 11.6 Å². The normalized spacial score (nSPS) is 14.5. The maximum absolute atomic E-state index is 12.9. The fraction of sp³-hybridized carbons (Fsp3) is 0.348. The first kappa shape index (κ1) is 22.6. The van der Waals surface area contributed by atoms with Crippen molar-refractivity contribution in [1.82, 2.24) is 5.32 Å². The smallest absolute Gasteiger partial charge is 0.319 e. The quantitative estimate of drug-likeness (QED) is 0.481. The third-order valence-corrected chi connectivity index (χ3v) is 5.25. The van der Waals surface area contributed by atoms with Crippen LogP contribution in [0.25, 0.3) is 0 Å². The van der Waals surface area contributed by atoms with Crippen molar-refractivity contribution >= 4 is 46.4 Å². The number of hydrogen-bond acceptors (Lipinski definition) is 3. The van der Waals surface area contributed by atoms with Gasteiger partial charge in [0.15, 0.2) is 0 Å². The number of anilines is 3. The Morgan fingerprint density at radius 3 is 2.23 bits per heavy atom. The maximum Gasteiger partial charge on any atom is 0.319 e. The van der Waals surface area contributed by atoms with Crippen LogP contribution < -0.4 is 20.9 Å². The number of amides is 3. The summed E-state index contributed by atoms with van der Waals surface area (Å²) in [5, 5.41) is 16.9. The van der Waals surface area contributed by atoms with E-state index in [0.717, 1.165) is 25.1 Å². The van der Waals surface area contributed by atoms with Gasteiger partial charge in [-0.15, -0.1) is 0 Å². The predicted molar refractivity (Wildman–Crippen MR) is 126 cm³/mol. The fourth-order valence-electron chi connectivity index (χ4n) is 3.48. The van der Waals surface area contributed by atoms with E-state index >= 15 is 0 Å². The number of nitrogens with zero attached hydrogens (tertiary/aromatic N) is 1. The minimum atomic E-state index is -0.682. The van der Waals surface area contributed by atoms with Gasteiger partial charge in [-0.05, 0) is 67.3 Å². The number of benzene rings is 2. The van der Waals surface area contributed by atoms with Crippen molar-refractivity contribution in [3.63, 3.8) is 0 Å². The van der Waals surface area contributed by atoms with E-state index in [1.54, 1.807) is 24.3 Å². The van der Waals surface area contributed by atoms with Crippen LogP contribution in [0.1, 0.15) is 33.1 Å². The summed E-state index contributed by atoms with van der Waals surface area (Å²) in [6.07, 6.45) is 2.28. The standard InChI is InChI=1S/C23H28ClN5O2/c1-15(2)14-20(28-23(31)27-18-7-5-16(24)6-8-18)22(30)26-17-9-11-19(12-10-17)29-13-3-4-21(29)25/h5-12,15,20,25H,3-4,13-14H2,1-2H3,(H,26,30)(H2,27,28,31)/t20-/m1/s1. The molecule has 0 aliphatic carbocycles. The van der Waals surface area contributed by atoms with Crippen LogP contribution in [0.5, 0.6) is 0 Å². The molecule has 0 spiro atoms. The number of carbonyl (C=O) groups is 2. The van der Waals surface area contributed by atoms with Crippen molar-refractivity contribution in [2.24, 2.45) is 5.92 Å². The largest absolute Gasteiger partial charge is 0.330 e. The molecule has 0 aromatic heterocycles. The first-order valence-corrected chi connectivity index (χ1v) is 10.8. The molecule has 1 atom stereocenters. The van der Waals surface area contributed by atoms with Gasteiger partial charge in [-0.1, -0.05) is 25.4 Å².